The summed E-state index contributed by atoms with van der Waals surface area (Å²) in [6.45, 7) is 4.67. The summed E-state index contributed by atoms with van der Waals surface area (Å²) in [4.78, 5) is 11.2. The molecular weight excluding hydrogens is 429 g/mol. The number of imidazole rings is 1. The first kappa shape index (κ1) is 24.8. The van der Waals surface area contributed by atoms with E-state index in [-0.39, 0.29) is 11.5 Å². The molecule has 8 heteroatoms. The SMILES string of the molecule is CC(CN(C)C)N(C)CCCOc1ccc(-c2nc(-c3ccccc3)c(C(F)(F)F)[nH]2)cc1. The third-order valence-electron chi connectivity index (χ3n) is 5.47. The Morgan fingerprint density at radius 1 is 0.970 bits per heavy atom. The highest BCUT2D eigenvalue weighted by Crippen LogP contribution is 2.37. The van der Waals surface area contributed by atoms with Gasteiger partial charge in [-0.1, -0.05) is 30.3 Å². The Balaban J connectivity index is 1.63. The summed E-state index contributed by atoms with van der Waals surface area (Å²) in [5.74, 6) is 0.845. The molecule has 1 aromatic heterocycles. The van der Waals surface area contributed by atoms with Crippen molar-refractivity contribution in [2.24, 2.45) is 0 Å². The van der Waals surface area contributed by atoms with Crippen LogP contribution in [-0.4, -0.2) is 66.6 Å². The van der Waals surface area contributed by atoms with Gasteiger partial charge in [0, 0.05) is 30.3 Å². The number of hydrogen-bond acceptors (Lipinski definition) is 4. The Kier molecular flexibility index (Phi) is 8.15. The van der Waals surface area contributed by atoms with E-state index in [0.717, 1.165) is 19.5 Å². The van der Waals surface area contributed by atoms with Crippen LogP contribution >= 0.6 is 0 Å². The Morgan fingerprint density at radius 3 is 2.24 bits per heavy atom. The fourth-order valence-electron chi connectivity index (χ4n) is 3.62. The van der Waals surface area contributed by atoms with E-state index in [1.54, 1.807) is 54.6 Å². The molecule has 2 aromatic carbocycles. The second kappa shape index (κ2) is 10.9. The number of alkyl halides is 3. The molecule has 0 radical (unpaired) electrons. The Labute approximate surface area is 193 Å². The van der Waals surface area contributed by atoms with E-state index >= 15 is 0 Å². The highest BCUT2D eigenvalue weighted by Gasteiger charge is 2.37. The van der Waals surface area contributed by atoms with Gasteiger partial charge in [0.1, 0.15) is 23.0 Å². The van der Waals surface area contributed by atoms with Crippen molar-refractivity contribution in [2.75, 3.05) is 40.8 Å². The van der Waals surface area contributed by atoms with E-state index in [4.69, 9.17) is 4.74 Å². The summed E-state index contributed by atoms with van der Waals surface area (Å²) in [6, 6.07) is 15.8. The summed E-state index contributed by atoms with van der Waals surface area (Å²) in [5.41, 5.74) is 0.0205. The second-order valence-electron chi connectivity index (χ2n) is 8.49. The molecule has 1 unspecified atom stereocenters. The van der Waals surface area contributed by atoms with Crippen molar-refractivity contribution >= 4 is 0 Å². The number of likely N-dealkylation sites (N-methyl/N-ethyl adjacent to an activating group) is 2. The molecule has 0 saturated heterocycles. The largest absolute Gasteiger partial charge is 0.494 e. The molecule has 0 bridgehead atoms. The van der Waals surface area contributed by atoms with Crippen LogP contribution in [0.15, 0.2) is 54.6 Å². The molecule has 178 valence electrons. The molecule has 33 heavy (non-hydrogen) atoms. The predicted molar refractivity (Wildman–Crippen MR) is 125 cm³/mol. The molecule has 0 saturated carbocycles. The lowest BCUT2D eigenvalue weighted by Gasteiger charge is -2.27. The van der Waals surface area contributed by atoms with Gasteiger partial charge in [-0.15, -0.1) is 0 Å². The molecule has 0 aliphatic heterocycles. The minimum atomic E-state index is -4.53. The number of halogens is 3. The fourth-order valence-corrected chi connectivity index (χ4v) is 3.62. The van der Waals surface area contributed by atoms with Gasteiger partial charge in [0.05, 0.1) is 6.61 Å². The monoisotopic (exact) mass is 460 g/mol. The van der Waals surface area contributed by atoms with Crippen LogP contribution in [0.5, 0.6) is 5.75 Å². The molecule has 3 rings (SSSR count). The van der Waals surface area contributed by atoms with Gasteiger partial charge in [0.2, 0.25) is 0 Å². The van der Waals surface area contributed by atoms with Gasteiger partial charge in [0.25, 0.3) is 0 Å². The van der Waals surface area contributed by atoms with Crippen molar-refractivity contribution in [3.8, 4) is 28.4 Å². The number of hydrogen-bond donors (Lipinski definition) is 1. The van der Waals surface area contributed by atoms with Crippen LogP contribution in [0.4, 0.5) is 13.2 Å². The maximum Gasteiger partial charge on any atom is 0.433 e. The number of rotatable bonds is 10. The van der Waals surface area contributed by atoms with Crippen molar-refractivity contribution in [3.05, 3.63) is 60.3 Å². The average molecular weight is 461 g/mol. The number of nitrogens with one attached hydrogen (secondary N) is 1. The van der Waals surface area contributed by atoms with Gasteiger partial charge in [0.15, 0.2) is 0 Å². The molecule has 1 atom stereocenters. The van der Waals surface area contributed by atoms with Crippen LogP contribution in [0.1, 0.15) is 19.0 Å². The Morgan fingerprint density at radius 2 is 1.64 bits per heavy atom. The molecule has 5 nitrogen and oxygen atoms in total. The molecule has 0 fully saturated rings. The molecular formula is C25H31F3N4O. The first-order chi connectivity index (χ1) is 15.6. The minimum absolute atomic E-state index is 0.106. The van der Waals surface area contributed by atoms with Crippen molar-refractivity contribution in [1.82, 2.24) is 19.8 Å². The lowest BCUT2D eigenvalue weighted by molar-refractivity contribution is -0.140. The molecule has 3 aromatic rings. The second-order valence-corrected chi connectivity index (χ2v) is 8.49. The van der Waals surface area contributed by atoms with Gasteiger partial charge >= 0.3 is 6.18 Å². The van der Waals surface area contributed by atoms with E-state index in [0.29, 0.717) is 29.5 Å². The summed E-state index contributed by atoms with van der Waals surface area (Å²) in [5, 5.41) is 0. The fraction of sp³-hybridized carbons (Fsp3) is 0.400. The highest BCUT2D eigenvalue weighted by molar-refractivity contribution is 5.68. The van der Waals surface area contributed by atoms with Crippen LogP contribution in [0.3, 0.4) is 0 Å². The number of H-pyrrole nitrogens is 1. The van der Waals surface area contributed by atoms with Gasteiger partial charge in [-0.25, -0.2) is 4.98 Å². The van der Waals surface area contributed by atoms with Gasteiger partial charge in [-0.2, -0.15) is 13.2 Å². The number of ether oxygens (including phenoxy) is 1. The number of benzene rings is 2. The summed E-state index contributed by atoms with van der Waals surface area (Å²) >= 11 is 0. The van der Waals surface area contributed by atoms with Crippen LogP contribution in [0, 0.1) is 0 Å². The minimum Gasteiger partial charge on any atom is -0.494 e. The first-order valence-corrected chi connectivity index (χ1v) is 11.0. The molecule has 1 N–H and O–H groups in total. The zero-order valence-corrected chi connectivity index (χ0v) is 19.5. The lowest BCUT2D eigenvalue weighted by atomic mass is 10.1. The summed E-state index contributed by atoms with van der Waals surface area (Å²) in [7, 11) is 6.23. The third kappa shape index (κ3) is 6.82. The van der Waals surface area contributed by atoms with E-state index < -0.39 is 11.9 Å². The molecule has 0 amide bonds. The quantitative estimate of drug-likeness (QED) is 0.411. The molecule has 0 spiro atoms. The summed E-state index contributed by atoms with van der Waals surface area (Å²) in [6.07, 6.45) is -3.65. The zero-order chi connectivity index (χ0) is 24.0. The number of aromatic nitrogens is 2. The first-order valence-electron chi connectivity index (χ1n) is 11.0. The van der Waals surface area contributed by atoms with Crippen LogP contribution in [0.2, 0.25) is 0 Å². The van der Waals surface area contributed by atoms with E-state index in [1.165, 1.54) is 0 Å². The molecule has 1 heterocycles. The van der Waals surface area contributed by atoms with Gasteiger partial charge in [-0.3, -0.25) is 0 Å². The normalized spacial score (nSPS) is 13.0. The smallest absolute Gasteiger partial charge is 0.433 e. The summed E-state index contributed by atoms with van der Waals surface area (Å²) < 4.78 is 46.5. The Bertz CT molecular complexity index is 1000. The van der Waals surface area contributed by atoms with Crippen LogP contribution in [0.25, 0.3) is 22.6 Å². The molecule has 0 aliphatic carbocycles. The lowest BCUT2D eigenvalue weighted by Crippen LogP contribution is -2.38. The van der Waals surface area contributed by atoms with Crippen LogP contribution < -0.4 is 4.74 Å². The van der Waals surface area contributed by atoms with E-state index in [9.17, 15) is 13.2 Å². The van der Waals surface area contributed by atoms with Crippen LogP contribution in [-0.2, 0) is 6.18 Å². The van der Waals surface area contributed by atoms with E-state index in [2.05, 4.69) is 47.8 Å². The molecule has 0 aliphatic rings. The van der Waals surface area contributed by atoms with Gasteiger partial charge < -0.3 is 19.5 Å². The zero-order valence-electron chi connectivity index (χ0n) is 19.5. The van der Waals surface area contributed by atoms with Crippen molar-refractivity contribution in [3.63, 3.8) is 0 Å². The third-order valence-corrected chi connectivity index (χ3v) is 5.47. The predicted octanol–water partition coefficient (Wildman–Crippen LogP) is 5.41. The Hall–Kier alpha value is -2.84. The number of aromatic amines is 1. The maximum absolute atomic E-state index is 13.6. The number of nitrogens with zero attached hydrogens (tertiary/aromatic N) is 3. The van der Waals surface area contributed by atoms with Crippen molar-refractivity contribution in [2.45, 2.75) is 25.6 Å². The van der Waals surface area contributed by atoms with E-state index in [1.807, 2.05) is 0 Å². The van der Waals surface area contributed by atoms with Crippen molar-refractivity contribution in [1.29, 1.82) is 0 Å². The standard InChI is InChI=1S/C25H31F3N4O/c1-18(17-31(2)3)32(4)15-8-16-33-21-13-11-20(12-14-21)24-29-22(19-9-6-5-7-10-19)23(30-24)25(26,27)28/h5-7,9-14,18H,8,15-17H2,1-4H3,(H,29,30). The highest BCUT2D eigenvalue weighted by atomic mass is 19.4. The maximum atomic E-state index is 13.6. The van der Waals surface area contributed by atoms with Gasteiger partial charge in [-0.05, 0) is 58.8 Å². The van der Waals surface area contributed by atoms with Crippen molar-refractivity contribution < 1.29 is 17.9 Å². The topological polar surface area (TPSA) is 44.4 Å². The average Bonchev–Trinajstić information content (AvgIpc) is 3.23.